The van der Waals surface area contributed by atoms with E-state index < -0.39 is 0 Å². The number of thiocarbonyl (C=S) groups is 1. The van der Waals surface area contributed by atoms with Gasteiger partial charge in [-0.3, -0.25) is 4.90 Å². The van der Waals surface area contributed by atoms with Gasteiger partial charge in [0.15, 0.2) is 5.11 Å². The van der Waals surface area contributed by atoms with E-state index >= 15 is 0 Å². The summed E-state index contributed by atoms with van der Waals surface area (Å²) in [5.74, 6) is 0. The smallest absolute Gasteiger partial charge is 0.170 e. The third-order valence-corrected chi connectivity index (χ3v) is 4.50. The van der Waals surface area contributed by atoms with Gasteiger partial charge >= 0.3 is 0 Å². The second-order valence-corrected chi connectivity index (χ2v) is 5.92. The number of hydrogen-bond donors (Lipinski definition) is 2. The van der Waals surface area contributed by atoms with Gasteiger partial charge in [-0.15, -0.1) is 0 Å². The van der Waals surface area contributed by atoms with Gasteiger partial charge in [0.05, 0.1) is 0 Å². The lowest BCUT2D eigenvalue weighted by atomic mass is 10.1. The summed E-state index contributed by atoms with van der Waals surface area (Å²) in [5.41, 5.74) is 3.64. The van der Waals surface area contributed by atoms with Crippen LogP contribution in [0.25, 0.3) is 0 Å². The van der Waals surface area contributed by atoms with E-state index in [1.807, 2.05) is 0 Å². The van der Waals surface area contributed by atoms with Crippen molar-refractivity contribution >= 4 is 23.0 Å². The van der Waals surface area contributed by atoms with Gasteiger partial charge < -0.3 is 10.6 Å². The van der Waals surface area contributed by atoms with E-state index in [1.54, 1.807) is 0 Å². The highest BCUT2D eigenvalue weighted by Gasteiger charge is 2.22. The molecule has 0 spiro atoms. The Balaban J connectivity index is 1.85. The summed E-state index contributed by atoms with van der Waals surface area (Å²) < 4.78 is 0. The fourth-order valence-electron chi connectivity index (χ4n) is 2.81. The van der Waals surface area contributed by atoms with Gasteiger partial charge in [0.2, 0.25) is 0 Å². The first-order chi connectivity index (χ1) is 9.61. The second kappa shape index (κ2) is 7.04. The average Bonchev–Trinajstić information content (AvgIpc) is 2.89. The second-order valence-electron chi connectivity index (χ2n) is 5.51. The van der Waals surface area contributed by atoms with Crippen LogP contribution < -0.4 is 10.6 Å². The molecule has 0 aromatic heterocycles. The maximum absolute atomic E-state index is 5.41. The summed E-state index contributed by atoms with van der Waals surface area (Å²) in [6, 6.07) is 6.88. The fourth-order valence-corrected chi connectivity index (χ4v) is 3.00. The number of benzene rings is 1. The zero-order valence-corrected chi connectivity index (χ0v) is 13.5. The minimum Gasteiger partial charge on any atom is -0.361 e. The Hall–Kier alpha value is -1.13. The van der Waals surface area contributed by atoms with Crippen molar-refractivity contribution < 1.29 is 0 Å². The molecule has 20 heavy (non-hydrogen) atoms. The summed E-state index contributed by atoms with van der Waals surface area (Å²) in [7, 11) is 0. The van der Waals surface area contributed by atoms with E-state index in [0.29, 0.717) is 6.04 Å². The predicted octanol–water partition coefficient (Wildman–Crippen LogP) is 3.07. The Labute approximate surface area is 127 Å². The van der Waals surface area contributed by atoms with Crippen LogP contribution in [0.3, 0.4) is 0 Å². The molecule has 110 valence electrons. The molecular formula is C16H25N3S. The molecule has 0 bridgehead atoms. The molecular weight excluding hydrogens is 266 g/mol. The Morgan fingerprint density at radius 1 is 1.40 bits per heavy atom. The first-order valence-electron chi connectivity index (χ1n) is 7.47. The number of hydrogen-bond acceptors (Lipinski definition) is 2. The van der Waals surface area contributed by atoms with Crippen LogP contribution in [0.5, 0.6) is 0 Å². The van der Waals surface area contributed by atoms with Gasteiger partial charge in [0, 0.05) is 18.3 Å². The molecule has 1 aromatic rings. The molecule has 1 aromatic carbocycles. The van der Waals surface area contributed by atoms with Crippen molar-refractivity contribution in [2.45, 2.75) is 39.7 Å². The monoisotopic (exact) mass is 291 g/mol. The van der Waals surface area contributed by atoms with Crippen LogP contribution in [-0.2, 0) is 0 Å². The normalized spacial score (nSPS) is 19.1. The van der Waals surface area contributed by atoms with Gasteiger partial charge in [-0.25, -0.2) is 0 Å². The predicted molar refractivity (Wildman–Crippen MR) is 90.4 cm³/mol. The molecule has 1 unspecified atom stereocenters. The number of anilines is 1. The van der Waals surface area contributed by atoms with Gasteiger partial charge in [0.25, 0.3) is 0 Å². The summed E-state index contributed by atoms with van der Waals surface area (Å²) in [5, 5.41) is 7.40. The van der Waals surface area contributed by atoms with Crippen molar-refractivity contribution in [2.24, 2.45) is 0 Å². The summed E-state index contributed by atoms with van der Waals surface area (Å²) in [6.45, 7) is 9.75. The van der Waals surface area contributed by atoms with Gasteiger partial charge in [0.1, 0.15) is 0 Å². The van der Waals surface area contributed by atoms with E-state index in [2.05, 4.69) is 54.5 Å². The molecule has 3 nitrogen and oxygen atoms in total. The molecule has 0 amide bonds. The van der Waals surface area contributed by atoms with E-state index in [1.165, 1.54) is 30.5 Å². The van der Waals surface area contributed by atoms with Crippen LogP contribution in [0.1, 0.15) is 30.9 Å². The largest absolute Gasteiger partial charge is 0.361 e. The number of likely N-dealkylation sites (N-methyl/N-ethyl adjacent to an activating group) is 1. The maximum atomic E-state index is 5.41. The van der Waals surface area contributed by atoms with E-state index in [9.17, 15) is 0 Å². The van der Waals surface area contributed by atoms with Gasteiger partial charge in [-0.2, -0.15) is 0 Å². The molecule has 2 rings (SSSR count). The van der Waals surface area contributed by atoms with Gasteiger partial charge in [-0.1, -0.05) is 19.1 Å². The Morgan fingerprint density at radius 2 is 2.20 bits per heavy atom. The van der Waals surface area contributed by atoms with Crippen molar-refractivity contribution in [3.05, 3.63) is 29.3 Å². The molecule has 1 saturated heterocycles. The molecule has 0 radical (unpaired) electrons. The number of nitrogens with zero attached hydrogens (tertiary/aromatic N) is 1. The first-order valence-corrected chi connectivity index (χ1v) is 7.87. The highest BCUT2D eigenvalue weighted by atomic mass is 32.1. The number of rotatable bonds is 4. The number of nitrogens with one attached hydrogen (secondary N) is 2. The SMILES string of the molecule is CCN1CCCC1CNC(=S)Nc1cccc(C)c1C. The number of likely N-dealkylation sites (tertiary alicyclic amines) is 1. The molecule has 1 aliphatic heterocycles. The average molecular weight is 291 g/mol. The van der Waals surface area contributed by atoms with Crippen LogP contribution in [-0.4, -0.2) is 35.7 Å². The van der Waals surface area contributed by atoms with Crippen LogP contribution in [0.2, 0.25) is 0 Å². The van der Waals surface area contributed by atoms with E-state index in [4.69, 9.17) is 12.2 Å². The van der Waals surface area contributed by atoms with E-state index in [-0.39, 0.29) is 0 Å². The van der Waals surface area contributed by atoms with Crippen LogP contribution >= 0.6 is 12.2 Å². The van der Waals surface area contributed by atoms with E-state index in [0.717, 1.165) is 23.9 Å². The highest BCUT2D eigenvalue weighted by molar-refractivity contribution is 7.80. The zero-order chi connectivity index (χ0) is 14.5. The van der Waals surface area contributed by atoms with Crippen LogP contribution in [0, 0.1) is 13.8 Å². The minimum atomic E-state index is 0.623. The van der Waals surface area contributed by atoms with Crippen molar-refractivity contribution in [1.82, 2.24) is 10.2 Å². The quantitative estimate of drug-likeness (QED) is 0.834. The minimum absolute atomic E-state index is 0.623. The Morgan fingerprint density at radius 3 is 2.95 bits per heavy atom. The maximum Gasteiger partial charge on any atom is 0.170 e. The lowest BCUT2D eigenvalue weighted by Crippen LogP contribution is -2.41. The topological polar surface area (TPSA) is 27.3 Å². The van der Waals surface area contributed by atoms with Crippen molar-refractivity contribution in [2.75, 3.05) is 25.0 Å². The van der Waals surface area contributed by atoms with Crippen molar-refractivity contribution in [3.8, 4) is 0 Å². The third kappa shape index (κ3) is 3.70. The summed E-state index contributed by atoms with van der Waals surface area (Å²) in [4.78, 5) is 2.52. The highest BCUT2D eigenvalue weighted by Crippen LogP contribution is 2.18. The lowest BCUT2D eigenvalue weighted by molar-refractivity contribution is 0.267. The molecule has 0 aliphatic carbocycles. The molecule has 1 atom stereocenters. The molecule has 0 saturated carbocycles. The molecule has 2 N–H and O–H groups in total. The zero-order valence-electron chi connectivity index (χ0n) is 12.7. The summed E-state index contributed by atoms with van der Waals surface area (Å²) in [6.07, 6.45) is 2.57. The van der Waals surface area contributed by atoms with Crippen molar-refractivity contribution in [3.63, 3.8) is 0 Å². The molecule has 1 heterocycles. The Bertz CT molecular complexity index is 473. The molecule has 4 heteroatoms. The third-order valence-electron chi connectivity index (χ3n) is 4.26. The molecule has 1 fully saturated rings. The standard InChI is InChI=1S/C16H25N3S/c1-4-19-10-6-8-14(19)11-17-16(20)18-15-9-5-7-12(2)13(15)3/h5,7,9,14H,4,6,8,10-11H2,1-3H3,(H2,17,18,20). The first kappa shape index (κ1) is 15.3. The number of aryl methyl sites for hydroxylation is 1. The lowest BCUT2D eigenvalue weighted by Gasteiger charge is -2.24. The van der Waals surface area contributed by atoms with Crippen LogP contribution in [0.15, 0.2) is 18.2 Å². The molecule has 1 aliphatic rings. The van der Waals surface area contributed by atoms with Crippen LogP contribution in [0.4, 0.5) is 5.69 Å². The van der Waals surface area contributed by atoms with Crippen molar-refractivity contribution in [1.29, 1.82) is 0 Å². The fraction of sp³-hybridized carbons (Fsp3) is 0.562. The van der Waals surface area contributed by atoms with Gasteiger partial charge in [-0.05, 0) is 69.2 Å². The summed E-state index contributed by atoms with van der Waals surface area (Å²) >= 11 is 5.41. The Kier molecular flexibility index (Phi) is 5.38.